The van der Waals surface area contributed by atoms with Crippen molar-refractivity contribution in [2.75, 3.05) is 19.6 Å². The quantitative estimate of drug-likeness (QED) is 0.874. The minimum absolute atomic E-state index is 0.247. The SMILES string of the molecule is Fc1ccc2[nH]c(=S)n(CCCN3CCCC3)c2c1F. The molecule has 2 aromatic rings. The lowest BCUT2D eigenvalue weighted by Crippen LogP contribution is -2.21. The standard InChI is InChI=1S/C14H17F2N3S/c15-10-4-5-11-13(12(10)16)19(14(20)17-11)9-3-8-18-6-1-2-7-18/h4-5H,1-3,6-9H2,(H,17,20). The molecule has 1 aromatic heterocycles. The first-order valence-corrected chi connectivity index (χ1v) is 7.36. The molecule has 1 aromatic carbocycles. The highest BCUT2D eigenvalue weighted by molar-refractivity contribution is 7.71. The number of H-pyrrole nitrogens is 1. The molecule has 1 saturated heterocycles. The Hall–Kier alpha value is -1.27. The predicted molar refractivity (Wildman–Crippen MR) is 77.3 cm³/mol. The lowest BCUT2D eigenvalue weighted by Gasteiger charge is -2.14. The summed E-state index contributed by atoms with van der Waals surface area (Å²) in [6.07, 6.45) is 3.40. The van der Waals surface area contributed by atoms with Crippen LogP contribution in [0.3, 0.4) is 0 Å². The zero-order chi connectivity index (χ0) is 14.1. The van der Waals surface area contributed by atoms with Crippen molar-refractivity contribution in [2.24, 2.45) is 0 Å². The van der Waals surface area contributed by atoms with Gasteiger partial charge in [-0.05, 0) is 63.2 Å². The number of nitrogens with zero attached hydrogens (tertiary/aromatic N) is 2. The van der Waals surface area contributed by atoms with Gasteiger partial charge < -0.3 is 14.5 Å². The maximum absolute atomic E-state index is 13.9. The Morgan fingerprint density at radius 2 is 1.90 bits per heavy atom. The molecule has 6 heteroatoms. The Morgan fingerprint density at radius 3 is 2.65 bits per heavy atom. The van der Waals surface area contributed by atoms with Crippen LogP contribution in [-0.2, 0) is 6.54 Å². The number of aryl methyl sites for hydroxylation is 1. The number of imidazole rings is 1. The van der Waals surface area contributed by atoms with Gasteiger partial charge in [0.05, 0.1) is 5.52 Å². The Bertz CT molecular complexity index is 671. The molecule has 108 valence electrons. The molecule has 0 radical (unpaired) electrons. The molecule has 0 bridgehead atoms. The summed E-state index contributed by atoms with van der Waals surface area (Å²) in [5.41, 5.74) is 0.798. The van der Waals surface area contributed by atoms with E-state index < -0.39 is 11.6 Å². The van der Waals surface area contributed by atoms with E-state index in [0.29, 0.717) is 16.8 Å². The monoisotopic (exact) mass is 297 g/mol. The van der Waals surface area contributed by atoms with E-state index in [2.05, 4.69) is 9.88 Å². The number of rotatable bonds is 4. The lowest BCUT2D eigenvalue weighted by atomic mass is 10.3. The number of nitrogens with one attached hydrogen (secondary N) is 1. The van der Waals surface area contributed by atoms with Gasteiger partial charge in [0.25, 0.3) is 0 Å². The van der Waals surface area contributed by atoms with Crippen LogP contribution in [0.1, 0.15) is 19.3 Å². The van der Waals surface area contributed by atoms with Crippen LogP contribution < -0.4 is 0 Å². The van der Waals surface area contributed by atoms with Gasteiger partial charge in [-0.1, -0.05) is 0 Å². The van der Waals surface area contributed by atoms with E-state index in [1.807, 2.05) is 0 Å². The van der Waals surface area contributed by atoms with Crippen molar-refractivity contribution in [3.05, 3.63) is 28.5 Å². The molecular weight excluding hydrogens is 280 g/mol. The van der Waals surface area contributed by atoms with E-state index in [4.69, 9.17) is 12.2 Å². The first-order chi connectivity index (χ1) is 9.66. The molecule has 0 unspecified atom stereocenters. The van der Waals surface area contributed by atoms with Crippen molar-refractivity contribution >= 4 is 23.3 Å². The predicted octanol–water partition coefficient (Wildman–Crippen LogP) is 3.46. The first-order valence-electron chi connectivity index (χ1n) is 6.95. The summed E-state index contributed by atoms with van der Waals surface area (Å²) in [6, 6.07) is 2.65. The Kier molecular flexibility index (Phi) is 3.85. The number of benzene rings is 1. The Labute approximate surface area is 121 Å². The highest BCUT2D eigenvalue weighted by atomic mass is 32.1. The van der Waals surface area contributed by atoms with Crippen LogP contribution in [0.15, 0.2) is 12.1 Å². The van der Waals surface area contributed by atoms with Crippen molar-refractivity contribution in [3.8, 4) is 0 Å². The third kappa shape index (κ3) is 2.50. The molecule has 0 spiro atoms. The smallest absolute Gasteiger partial charge is 0.184 e. The van der Waals surface area contributed by atoms with Gasteiger partial charge in [-0.25, -0.2) is 8.78 Å². The van der Waals surface area contributed by atoms with Gasteiger partial charge in [-0.2, -0.15) is 0 Å². The number of fused-ring (bicyclic) bond motifs is 1. The molecule has 3 rings (SSSR count). The molecule has 0 amide bonds. The maximum atomic E-state index is 13.9. The summed E-state index contributed by atoms with van der Waals surface area (Å²) in [5, 5.41) is 0. The van der Waals surface area contributed by atoms with Gasteiger partial charge in [0.2, 0.25) is 0 Å². The molecule has 0 aliphatic carbocycles. The van der Waals surface area contributed by atoms with Crippen LogP contribution in [-0.4, -0.2) is 34.1 Å². The van der Waals surface area contributed by atoms with Crippen molar-refractivity contribution in [1.29, 1.82) is 0 Å². The van der Waals surface area contributed by atoms with Crippen LogP contribution in [0.4, 0.5) is 8.78 Å². The van der Waals surface area contributed by atoms with Gasteiger partial charge in [-0.15, -0.1) is 0 Å². The molecule has 3 nitrogen and oxygen atoms in total. The van der Waals surface area contributed by atoms with Crippen LogP contribution in [0, 0.1) is 16.4 Å². The van der Waals surface area contributed by atoms with E-state index >= 15 is 0 Å². The van der Waals surface area contributed by atoms with Crippen LogP contribution in [0.2, 0.25) is 0 Å². The van der Waals surface area contributed by atoms with E-state index in [0.717, 1.165) is 32.1 Å². The number of aromatic amines is 1. The number of hydrogen-bond acceptors (Lipinski definition) is 2. The highest BCUT2D eigenvalue weighted by Gasteiger charge is 2.15. The highest BCUT2D eigenvalue weighted by Crippen LogP contribution is 2.21. The molecule has 1 fully saturated rings. The van der Waals surface area contributed by atoms with Gasteiger partial charge in [0.15, 0.2) is 16.4 Å². The summed E-state index contributed by atoms with van der Waals surface area (Å²) in [7, 11) is 0. The van der Waals surface area contributed by atoms with Crippen molar-refractivity contribution in [3.63, 3.8) is 0 Å². The molecule has 0 atom stereocenters. The fourth-order valence-corrected chi connectivity index (χ4v) is 3.15. The van der Waals surface area contributed by atoms with E-state index in [9.17, 15) is 8.78 Å². The van der Waals surface area contributed by atoms with E-state index in [-0.39, 0.29) is 5.52 Å². The van der Waals surface area contributed by atoms with E-state index in [1.165, 1.54) is 18.9 Å². The molecule has 20 heavy (non-hydrogen) atoms. The van der Waals surface area contributed by atoms with Gasteiger partial charge in [-0.3, -0.25) is 0 Å². The Balaban J connectivity index is 1.81. The summed E-state index contributed by atoms with van der Waals surface area (Å²) in [4.78, 5) is 5.33. The minimum Gasteiger partial charge on any atom is -0.330 e. The fourth-order valence-electron chi connectivity index (χ4n) is 2.86. The molecular formula is C14H17F2N3S. The van der Waals surface area contributed by atoms with Gasteiger partial charge in [0, 0.05) is 6.54 Å². The Morgan fingerprint density at radius 1 is 1.15 bits per heavy atom. The molecule has 1 aliphatic rings. The second-order valence-corrected chi connectivity index (χ2v) is 5.63. The topological polar surface area (TPSA) is 24.0 Å². The maximum Gasteiger partial charge on any atom is 0.184 e. The fraction of sp³-hybridized carbons (Fsp3) is 0.500. The average Bonchev–Trinajstić information content (AvgIpc) is 3.03. The summed E-state index contributed by atoms with van der Waals surface area (Å²) in [6.45, 7) is 3.87. The summed E-state index contributed by atoms with van der Waals surface area (Å²) < 4.78 is 29.4. The second kappa shape index (κ2) is 5.61. The largest absolute Gasteiger partial charge is 0.330 e. The third-order valence-electron chi connectivity index (χ3n) is 3.88. The molecule has 1 aliphatic heterocycles. The van der Waals surface area contributed by atoms with Crippen LogP contribution >= 0.6 is 12.2 Å². The molecule has 1 N–H and O–H groups in total. The lowest BCUT2D eigenvalue weighted by molar-refractivity contribution is 0.325. The van der Waals surface area contributed by atoms with Gasteiger partial charge >= 0.3 is 0 Å². The first kappa shape index (κ1) is 13.7. The minimum atomic E-state index is -0.834. The zero-order valence-electron chi connectivity index (χ0n) is 11.2. The third-order valence-corrected chi connectivity index (χ3v) is 4.20. The molecule has 2 heterocycles. The normalized spacial score (nSPS) is 16.3. The number of halogens is 2. The van der Waals surface area contributed by atoms with E-state index in [1.54, 1.807) is 4.57 Å². The number of hydrogen-bond donors (Lipinski definition) is 1. The summed E-state index contributed by atoms with van der Waals surface area (Å²) in [5.74, 6) is -1.66. The zero-order valence-corrected chi connectivity index (χ0v) is 12.0. The summed E-state index contributed by atoms with van der Waals surface area (Å²) >= 11 is 5.21. The van der Waals surface area contributed by atoms with Crippen LogP contribution in [0.5, 0.6) is 0 Å². The number of likely N-dealkylation sites (tertiary alicyclic amines) is 1. The average molecular weight is 297 g/mol. The van der Waals surface area contributed by atoms with Crippen molar-refractivity contribution in [2.45, 2.75) is 25.8 Å². The number of aromatic nitrogens is 2. The van der Waals surface area contributed by atoms with Crippen LogP contribution in [0.25, 0.3) is 11.0 Å². The van der Waals surface area contributed by atoms with Gasteiger partial charge in [0.1, 0.15) is 5.52 Å². The van der Waals surface area contributed by atoms with Crippen molar-refractivity contribution in [1.82, 2.24) is 14.5 Å². The van der Waals surface area contributed by atoms with Crippen molar-refractivity contribution < 1.29 is 8.78 Å². The second-order valence-electron chi connectivity index (χ2n) is 5.24. The molecule has 0 saturated carbocycles.